The van der Waals surface area contributed by atoms with Crippen molar-refractivity contribution in [2.75, 3.05) is 12.3 Å². The van der Waals surface area contributed by atoms with Gasteiger partial charge in [0.15, 0.2) is 17.5 Å². The topological polar surface area (TPSA) is 94.1 Å². The van der Waals surface area contributed by atoms with Gasteiger partial charge in [-0.1, -0.05) is 0 Å². The van der Waals surface area contributed by atoms with E-state index in [0.29, 0.717) is 24.7 Å². The second-order valence-corrected chi connectivity index (χ2v) is 7.19. The molecular formula is C13H15F2N5O2S. The Labute approximate surface area is 131 Å². The largest absolute Gasteiger partial charge is 0.368 e. The van der Waals surface area contributed by atoms with Crippen LogP contribution in [0.15, 0.2) is 23.1 Å². The summed E-state index contributed by atoms with van der Waals surface area (Å²) in [5.74, 6) is -1.83. The first-order valence-electron chi connectivity index (χ1n) is 6.94. The fraction of sp³-hybridized carbons (Fsp3) is 0.385. The van der Waals surface area contributed by atoms with Gasteiger partial charge in [-0.2, -0.15) is 14.4 Å². The summed E-state index contributed by atoms with van der Waals surface area (Å²) < 4.78 is 54.4. The minimum atomic E-state index is -3.98. The Hall–Kier alpha value is -2.07. The summed E-state index contributed by atoms with van der Waals surface area (Å²) in [6, 6.07) is 1.95. The van der Waals surface area contributed by atoms with Gasteiger partial charge in [0.2, 0.25) is 16.0 Å². The summed E-state index contributed by atoms with van der Waals surface area (Å²) in [5, 5.41) is 4.12. The van der Waals surface area contributed by atoms with Crippen molar-refractivity contribution in [3.8, 4) is 0 Å². The number of rotatable bonds is 3. The number of nitrogens with zero attached hydrogens (tertiary/aromatic N) is 4. The van der Waals surface area contributed by atoms with Crippen molar-refractivity contribution >= 4 is 16.0 Å². The monoisotopic (exact) mass is 343 g/mol. The Kier molecular flexibility index (Phi) is 3.80. The maximum atomic E-state index is 13.4. The lowest BCUT2D eigenvalue weighted by molar-refractivity contribution is 0.382. The van der Waals surface area contributed by atoms with Crippen LogP contribution in [0.2, 0.25) is 0 Å². The van der Waals surface area contributed by atoms with Crippen molar-refractivity contribution in [3.05, 3.63) is 35.7 Å². The molecule has 0 radical (unpaired) electrons. The molecule has 2 N–H and O–H groups in total. The highest BCUT2D eigenvalue weighted by Crippen LogP contribution is 2.35. The van der Waals surface area contributed by atoms with Crippen molar-refractivity contribution < 1.29 is 17.2 Å². The number of hydrogen-bond acceptors (Lipinski definition) is 5. The van der Waals surface area contributed by atoms with Crippen LogP contribution in [0.25, 0.3) is 0 Å². The highest BCUT2D eigenvalue weighted by atomic mass is 32.2. The first kappa shape index (κ1) is 15.8. The first-order chi connectivity index (χ1) is 10.8. The number of anilines is 1. The maximum absolute atomic E-state index is 13.4. The van der Waals surface area contributed by atoms with Crippen LogP contribution in [0.1, 0.15) is 24.7 Å². The minimum absolute atomic E-state index is 0.178. The van der Waals surface area contributed by atoms with E-state index in [9.17, 15) is 17.2 Å². The summed E-state index contributed by atoms with van der Waals surface area (Å²) in [4.78, 5) is 3.77. The van der Waals surface area contributed by atoms with Crippen LogP contribution in [0, 0.1) is 11.6 Å². The molecule has 10 heteroatoms. The van der Waals surface area contributed by atoms with Gasteiger partial charge >= 0.3 is 0 Å². The van der Waals surface area contributed by atoms with Gasteiger partial charge in [-0.15, -0.1) is 0 Å². The molecule has 0 spiro atoms. The lowest BCUT2D eigenvalue weighted by Crippen LogP contribution is -2.31. The standard InChI is InChI=1S/C13H15F2N5O2S/c1-19-13(16)17-12(18-19)11-3-2-6-20(11)23(21,22)8-4-5-9(14)10(15)7-8/h4-5,7,11H,2-3,6H2,1H3,(H2,16,17,18)/t11-/m0/s1. The summed E-state index contributed by atoms with van der Waals surface area (Å²) in [6.07, 6.45) is 1.15. The first-order valence-corrected chi connectivity index (χ1v) is 8.38. The van der Waals surface area contributed by atoms with Crippen molar-refractivity contribution in [2.45, 2.75) is 23.8 Å². The van der Waals surface area contributed by atoms with Crippen LogP contribution in [-0.2, 0) is 17.1 Å². The summed E-state index contributed by atoms with van der Waals surface area (Å²) in [6.45, 7) is 0.254. The number of nitrogens with two attached hydrogens (primary N) is 1. The average molecular weight is 343 g/mol. The number of sulfonamides is 1. The van der Waals surface area contributed by atoms with E-state index < -0.39 is 27.7 Å². The lowest BCUT2D eigenvalue weighted by atomic mass is 10.2. The van der Waals surface area contributed by atoms with Crippen LogP contribution in [0.3, 0.4) is 0 Å². The molecule has 1 atom stereocenters. The van der Waals surface area contributed by atoms with Gasteiger partial charge in [0, 0.05) is 13.6 Å². The van der Waals surface area contributed by atoms with Crippen LogP contribution in [-0.4, -0.2) is 34.0 Å². The highest BCUT2D eigenvalue weighted by molar-refractivity contribution is 7.89. The van der Waals surface area contributed by atoms with E-state index in [-0.39, 0.29) is 17.4 Å². The molecule has 1 aliphatic rings. The zero-order valence-corrected chi connectivity index (χ0v) is 13.1. The van der Waals surface area contributed by atoms with Gasteiger partial charge < -0.3 is 5.73 Å². The number of aromatic nitrogens is 3. The molecule has 1 aromatic carbocycles. The molecule has 3 rings (SSSR count). The van der Waals surface area contributed by atoms with Crippen LogP contribution < -0.4 is 5.73 Å². The second kappa shape index (κ2) is 5.53. The van der Waals surface area contributed by atoms with Gasteiger partial charge in [0.25, 0.3) is 0 Å². The molecule has 1 aromatic heterocycles. The predicted octanol–water partition coefficient (Wildman–Crippen LogP) is 1.20. The summed E-state index contributed by atoms with van der Waals surface area (Å²) in [5.41, 5.74) is 5.64. The fourth-order valence-corrected chi connectivity index (χ4v) is 4.28. The van der Waals surface area contributed by atoms with Crippen molar-refractivity contribution in [1.82, 2.24) is 19.1 Å². The Morgan fingerprint density at radius 1 is 1.30 bits per heavy atom. The van der Waals surface area contributed by atoms with Gasteiger partial charge in [-0.25, -0.2) is 21.9 Å². The molecule has 23 heavy (non-hydrogen) atoms. The van der Waals surface area contributed by atoms with E-state index in [2.05, 4.69) is 10.1 Å². The molecular weight excluding hydrogens is 328 g/mol. The van der Waals surface area contributed by atoms with E-state index in [1.165, 1.54) is 8.99 Å². The smallest absolute Gasteiger partial charge is 0.243 e. The third-order valence-electron chi connectivity index (χ3n) is 3.81. The van der Waals surface area contributed by atoms with Gasteiger partial charge in [0.1, 0.15) is 0 Å². The van der Waals surface area contributed by atoms with Crippen molar-refractivity contribution in [2.24, 2.45) is 7.05 Å². The third kappa shape index (κ3) is 2.68. The quantitative estimate of drug-likeness (QED) is 0.904. The Bertz CT molecular complexity index is 833. The zero-order chi connectivity index (χ0) is 16.8. The molecule has 1 saturated heterocycles. The molecule has 124 valence electrons. The molecule has 2 aromatic rings. The SMILES string of the molecule is Cn1nc([C@@H]2CCCN2S(=O)(=O)c2ccc(F)c(F)c2)nc1N. The molecule has 0 aliphatic carbocycles. The molecule has 1 aliphatic heterocycles. The third-order valence-corrected chi connectivity index (χ3v) is 5.72. The van der Waals surface area contributed by atoms with Gasteiger partial charge in [0.05, 0.1) is 10.9 Å². The number of aryl methyl sites for hydroxylation is 1. The summed E-state index contributed by atoms with van der Waals surface area (Å²) in [7, 11) is -2.38. The molecule has 7 nitrogen and oxygen atoms in total. The van der Waals surface area contributed by atoms with E-state index in [1.54, 1.807) is 7.05 Å². The van der Waals surface area contributed by atoms with Crippen LogP contribution in [0.5, 0.6) is 0 Å². The molecule has 0 bridgehead atoms. The maximum Gasteiger partial charge on any atom is 0.243 e. The van der Waals surface area contributed by atoms with Gasteiger partial charge in [-0.3, -0.25) is 0 Å². The van der Waals surface area contributed by atoms with Crippen molar-refractivity contribution in [3.63, 3.8) is 0 Å². The average Bonchev–Trinajstić information content (AvgIpc) is 3.09. The van der Waals surface area contributed by atoms with Crippen LogP contribution >= 0.6 is 0 Å². The zero-order valence-electron chi connectivity index (χ0n) is 12.3. The second-order valence-electron chi connectivity index (χ2n) is 5.30. The molecule has 0 amide bonds. The summed E-state index contributed by atoms with van der Waals surface area (Å²) >= 11 is 0. The molecule has 2 heterocycles. The Morgan fingerprint density at radius 2 is 2.04 bits per heavy atom. The fourth-order valence-electron chi connectivity index (χ4n) is 2.62. The molecule has 0 saturated carbocycles. The van der Waals surface area contributed by atoms with E-state index in [4.69, 9.17) is 5.73 Å². The number of benzene rings is 1. The molecule has 1 fully saturated rings. The lowest BCUT2D eigenvalue weighted by Gasteiger charge is -2.22. The number of nitrogen functional groups attached to an aromatic ring is 1. The van der Waals surface area contributed by atoms with Crippen LogP contribution in [0.4, 0.5) is 14.7 Å². The highest BCUT2D eigenvalue weighted by Gasteiger charge is 2.38. The minimum Gasteiger partial charge on any atom is -0.368 e. The molecule has 0 unspecified atom stereocenters. The van der Waals surface area contributed by atoms with Crippen molar-refractivity contribution in [1.29, 1.82) is 0 Å². The predicted molar refractivity (Wildman–Crippen MR) is 77.6 cm³/mol. The number of hydrogen-bond donors (Lipinski definition) is 1. The van der Waals surface area contributed by atoms with E-state index in [1.807, 2.05) is 0 Å². The Balaban J connectivity index is 1.99. The van der Waals surface area contributed by atoms with E-state index in [0.717, 1.165) is 12.1 Å². The van der Waals surface area contributed by atoms with Gasteiger partial charge in [-0.05, 0) is 31.0 Å². The normalized spacial score (nSPS) is 19.3. The number of halogens is 2. The van der Waals surface area contributed by atoms with E-state index >= 15 is 0 Å². The Morgan fingerprint density at radius 3 is 2.65 bits per heavy atom.